The lowest BCUT2D eigenvalue weighted by molar-refractivity contribution is -0.139. The van der Waals surface area contributed by atoms with Crippen molar-refractivity contribution in [1.29, 1.82) is 0 Å². The molecule has 3 aromatic rings. The molecule has 2 amide bonds. The number of rotatable bonds is 5. The number of likely N-dealkylation sites (N-methyl/N-ethyl adjacent to an activating group) is 1. The number of imidazole rings is 1. The number of benzene rings is 1. The largest absolute Gasteiger partial charge is 0.463 e. The zero-order chi connectivity index (χ0) is 25.6. The van der Waals surface area contributed by atoms with Crippen molar-refractivity contribution in [1.82, 2.24) is 28.9 Å². The third-order valence-electron chi connectivity index (χ3n) is 6.09. The van der Waals surface area contributed by atoms with Crippen LogP contribution in [-0.4, -0.2) is 49.2 Å². The van der Waals surface area contributed by atoms with Gasteiger partial charge < -0.3 is 14.6 Å². The van der Waals surface area contributed by atoms with Gasteiger partial charge in [-0.1, -0.05) is 29.8 Å². The summed E-state index contributed by atoms with van der Waals surface area (Å²) in [5.41, 5.74) is 1.61. The Morgan fingerprint density at radius 1 is 1.11 bits per heavy atom. The number of amides is 2. The molecule has 0 bridgehead atoms. The first-order valence-corrected chi connectivity index (χ1v) is 11.7. The monoisotopic (exact) mass is 544 g/mol. The summed E-state index contributed by atoms with van der Waals surface area (Å²) in [6, 6.07) is 6.31. The molecule has 2 aromatic heterocycles. The van der Waals surface area contributed by atoms with Crippen molar-refractivity contribution in [3.63, 3.8) is 0 Å². The Labute approximate surface area is 208 Å². The molecule has 3 heterocycles. The van der Waals surface area contributed by atoms with E-state index in [0.29, 0.717) is 11.3 Å². The minimum Gasteiger partial charge on any atom is -0.463 e. The van der Waals surface area contributed by atoms with E-state index in [1.807, 2.05) is 31.2 Å². The van der Waals surface area contributed by atoms with E-state index >= 15 is 0 Å². The van der Waals surface area contributed by atoms with E-state index in [1.165, 1.54) is 35.2 Å². The summed E-state index contributed by atoms with van der Waals surface area (Å²) in [6.45, 7) is 3.74. The number of esters is 1. The predicted octanol–water partition coefficient (Wildman–Crippen LogP) is 1.72. The van der Waals surface area contributed by atoms with Crippen molar-refractivity contribution in [3.8, 4) is 0 Å². The molecule has 0 saturated heterocycles. The number of ether oxygens (including phenoxy) is 1. The highest BCUT2D eigenvalue weighted by Gasteiger charge is 2.37. The molecule has 0 aliphatic carbocycles. The minimum atomic E-state index is -0.755. The van der Waals surface area contributed by atoms with Gasteiger partial charge >= 0.3 is 17.7 Å². The molecule has 0 saturated carbocycles. The van der Waals surface area contributed by atoms with E-state index in [9.17, 15) is 19.2 Å². The summed E-state index contributed by atoms with van der Waals surface area (Å²) in [4.78, 5) is 57.2. The highest BCUT2D eigenvalue weighted by molar-refractivity contribution is 9.10. The predicted molar refractivity (Wildman–Crippen MR) is 132 cm³/mol. The maximum absolute atomic E-state index is 13.2. The maximum atomic E-state index is 13.2. The molecule has 1 aromatic carbocycles. The molecule has 35 heavy (non-hydrogen) atoms. The van der Waals surface area contributed by atoms with E-state index in [-0.39, 0.29) is 34.6 Å². The lowest BCUT2D eigenvalue weighted by Gasteiger charge is -2.35. The van der Waals surface area contributed by atoms with Gasteiger partial charge in [0.1, 0.15) is 0 Å². The molecule has 12 heteroatoms. The van der Waals surface area contributed by atoms with Crippen molar-refractivity contribution in [2.45, 2.75) is 26.4 Å². The molecule has 0 radical (unpaired) electrons. The summed E-state index contributed by atoms with van der Waals surface area (Å²) in [7, 11) is 4.44. The van der Waals surface area contributed by atoms with Crippen LogP contribution in [-0.2, 0) is 30.2 Å². The molecule has 1 N–H and O–H groups in total. The van der Waals surface area contributed by atoms with Crippen molar-refractivity contribution in [3.05, 3.63) is 72.2 Å². The van der Waals surface area contributed by atoms with Crippen LogP contribution in [0.2, 0.25) is 0 Å². The second-order valence-electron chi connectivity index (χ2n) is 8.28. The van der Waals surface area contributed by atoms with Crippen LogP contribution in [0.1, 0.15) is 24.1 Å². The molecule has 1 aliphatic rings. The van der Waals surface area contributed by atoms with Gasteiger partial charge in [-0.2, -0.15) is 0 Å². The first-order valence-electron chi connectivity index (χ1n) is 10.9. The van der Waals surface area contributed by atoms with Crippen LogP contribution in [0.25, 0.3) is 11.2 Å². The van der Waals surface area contributed by atoms with Crippen LogP contribution in [0.4, 0.5) is 4.79 Å². The van der Waals surface area contributed by atoms with Crippen molar-refractivity contribution >= 4 is 39.1 Å². The Morgan fingerprint density at radius 3 is 2.40 bits per heavy atom. The van der Waals surface area contributed by atoms with E-state index in [0.717, 1.165) is 10.1 Å². The molecule has 0 fully saturated rings. The fraction of sp³-hybridized carbons (Fsp3) is 0.348. The molecule has 4 rings (SSSR count). The number of nitrogens with one attached hydrogen (secondary N) is 1. The second kappa shape index (κ2) is 9.17. The van der Waals surface area contributed by atoms with Gasteiger partial charge in [-0.3, -0.25) is 18.8 Å². The molecule has 0 unspecified atom stereocenters. The third kappa shape index (κ3) is 4.07. The topological polar surface area (TPSA) is 120 Å². The summed E-state index contributed by atoms with van der Waals surface area (Å²) >= 11 is 3.38. The average Bonchev–Trinajstić information content (AvgIpc) is 3.15. The van der Waals surface area contributed by atoms with Gasteiger partial charge in [-0.15, -0.1) is 0 Å². The molecule has 1 atom stereocenters. The quantitative estimate of drug-likeness (QED) is 0.385. The average molecular weight is 545 g/mol. The Morgan fingerprint density at radius 2 is 1.77 bits per heavy atom. The summed E-state index contributed by atoms with van der Waals surface area (Å²) < 4.78 is 9.42. The zero-order valence-corrected chi connectivity index (χ0v) is 21.5. The van der Waals surface area contributed by atoms with Gasteiger partial charge in [0.25, 0.3) is 5.56 Å². The number of aryl methyl sites for hydroxylation is 2. The fourth-order valence-electron chi connectivity index (χ4n) is 4.12. The Bertz CT molecular complexity index is 1500. The number of halogens is 1. The highest BCUT2D eigenvalue weighted by Crippen LogP contribution is 2.33. The van der Waals surface area contributed by atoms with Crippen LogP contribution < -0.4 is 16.6 Å². The normalized spacial score (nSPS) is 16.1. The number of aromatic nitrogens is 4. The molecule has 1 aliphatic heterocycles. The first kappa shape index (κ1) is 24.5. The zero-order valence-electron chi connectivity index (χ0n) is 20.0. The van der Waals surface area contributed by atoms with Gasteiger partial charge in [0.2, 0.25) is 0 Å². The number of allylic oxidation sites excluding steroid dienone is 1. The lowest BCUT2D eigenvalue weighted by Crippen LogP contribution is -2.47. The lowest BCUT2D eigenvalue weighted by atomic mass is 9.94. The Kier molecular flexibility index (Phi) is 6.41. The van der Waals surface area contributed by atoms with Crippen molar-refractivity contribution in [2.75, 3.05) is 13.7 Å². The second-order valence-corrected chi connectivity index (χ2v) is 8.99. The summed E-state index contributed by atoms with van der Waals surface area (Å²) in [6.07, 6.45) is 0. The van der Waals surface area contributed by atoms with Gasteiger partial charge in [0.05, 0.1) is 30.5 Å². The van der Waals surface area contributed by atoms with Gasteiger partial charge in [-0.05, 0) is 35.3 Å². The number of nitrogens with zero attached hydrogens (tertiary/aromatic N) is 5. The molecule has 11 nitrogen and oxygen atoms in total. The molecule has 184 valence electrons. The summed E-state index contributed by atoms with van der Waals surface area (Å²) in [5.74, 6) is -0.583. The minimum absolute atomic E-state index is 0.0506. The SMILES string of the molecule is CCOC(=O)C1=C(Cn2c(Br)nc3c2c(=O)n(C)c(=O)n3C)N(C)C(=O)N[C@H]1c1ccc(C)cc1. The van der Waals surface area contributed by atoms with E-state index in [4.69, 9.17) is 4.74 Å². The third-order valence-corrected chi connectivity index (χ3v) is 6.70. The van der Waals surface area contributed by atoms with E-state index in [2.05, 4.69) is 26.2 Å². The fourth-order valence-corrected chi connectivity index (χ4v) is 4.59. The Balaban J connectivity index is 1.98. The van der Waals surface area contributed by atoms with Gasteiger partial charge in [0.15, 0.2) is 15.9 Å². The van der Waals surface area contributed by atoms with Gasteiger partial charge in [0, 0.05) is 21.1 Å². The van der Waals surface area contributed by atoms with E-state index < -0.39 is 29.3 Å². The van der Waals surface area contributed by atoms with Crippen LogP contribution in [0.3, 0.4) is 0 Å². The number of urea groups is 1. The standard InChI is InChI=1S/C23H25BrN6O5/c1-6-35-20(32)15-14(27(3)22(33)25-16(15)13-9-7-12(2)8-10-13)11-30-17-18(26-21(30)24)28(4)23(34)29(5)19(17)31/h7-10,16H,6,11H2,1-5H3,(H,25,33)/t16-/m0/s1. The van der Waals surface area contributed by atoms with Crippen molar-refractivity contribution in [2.24, 2.45) is 14.1 Å². The van der Waals surface area contributed by atoms with Crippen LogP contribution in [0.5, 0.6) is 0 Å². The first-order chi connectivity index (χ1) is 16.6. The number of carbonyl (C=O) groups is 2. The number of fused-ring (bicyclic) bond motifs is 1. The number of hydrogen-bond donors (Lipinski definition) is 1. The van der Waals surface area contributed by atoms with E-state index in [1.54, 1.807) is 6.92 Å². The Hall–Kier alpha value is -3.67. The number of carbonyl (C=O) groups excluding carboxylic acids is 2. The van der Waals surface area contributed by atoms with Crippen molar-refractivity contribution < 1.29 is 14.3 Å². The molecular weight excluding hydrogens is 520 g/mol. The highest BCUT2D eigenvalue weighted by atomic mass is 79.9. The molecular formula is C23H25BrN6O5. The van der Waals surface area contributed by atoms with Gasteiger partial charge in [-0.25, -0.2) is 19.4 Å². The smallest absolute Gasteiger partial charge is 0.338 e. The van der Waals surface area contributed by atoms with Crippen LogP contribution >= 0.6 is 15.9 Å². The maximum Gasteiger partial charge on any atom is 0.338 e. The molecule has 0 spiro atoms. The number of hydrogen-bond acceptors (Lipinski definition) is 6. The summed E-state index contributed by atoms with van der Waals surface area (Å²) in [5, 5.41) is 2.87. The van der Waals surface area contributed by atoms with Crippen LogP contribution in [0, 0.1) is 6.92 Å². The van der Waals surface area contributed by atoms with Crippen LogP contribution in [0.15, 0.2) is 49.9 Å².